The van der Waals surface area contributed by atoms with Crippen molar-refractivity contribution in [2.75, 3.05) is 0 Å². The van der Waals surface area contributed by atoms with Crippen molar-refractivity contribution in [1.82, 2.24) is 15.0 Å². The van der Waals surface area contributed by atoms with Crippen molar-refractivity contribution in [3.63, 3.8) is 0 Å². The minimum absolute atomic E-state index is 0.241. The molecule has 2 atom stereocenters. The number of nitrogens with two attached hydrogens (primary N) is 1. The van der Waals surface area contributed by atoms with E-state index in [2.05, 4.69) is 15.0 Å². The van der Waals surface area contributed by atoms with Crippen LogP contribution in [0.5, 0.6) is 0 Å². The highest BCUT2D eigenvalue weighted by Gasteiger charge is 2.26. The highest BCUT2D eigenvalue weighted by molar-refractivity contribution is 5.70. The van der Waals surface area contributed by atoms with Gasteiger partial charge in [-0.05, 0) is 31.9 Å². The lowest BCUT2D eigenvalue weighted by Crippen LogP contribution is -2.31. The fourth-order valence-electron chi connectivity index (χ4n) is 2.68. The molecule has 1 aliphatic carbocycles. The summed E-state index contributed by atoms with van der Waals surface area (Å²) in [7, 11) is 0. The molecule has 0 saturated heterocycles. The molecule has 2 aromatic heterocycles. The number of hydrogen-bond acceptors (Lipinski definition) is 3. The van der Waals surface area contributed by atoms with Crippen LogP contribution in [0, 0.1) is 6.92 Å². The Kier molecular flexibility index (Phi) is 2.59. The number of hydrogen-bond donors (Lipinski definition) is 2. The molecule has 0 bridgehead atoms. The minimum Gasteiger partial charge on any atom is -0.340 e. The number of pyridine rings is 1. The van der Waals surface area contributed by atoms with Crippen LogP contribution in [0.1, 0.15) is 43.1 Å². The van der Waals surface area contributed by atoms with Gasteiger partial charge in [-0.15, -0.1) is 0 Å². The zero-order chi connectivity index (χ0) is 11.8. The van der Waals surface area contributed by atoms with E-state index < -0.39 is 0 Å². The van der Waals surface area contributed by atoms with Crippen LogP contribution in [0.25, 0.3) is 11.2 Å². The van der Waals surface area contributed by atoms with Crippen LogP contribution < -0.4 is 5.73 Å². The van der Waals surface area contributed by atoms with E-state index in [-0.39, 0.29) is 6.04 Å². The van der Waals surface area contributed by atoms with Gasteiger partial charge in [-0.25, -0.2) is 9.97 Å². The van der Waals surface area contributed by atoms with Gasteiger partial charge < -0.3 is 10.7 Å². The predicted octanol–water partition coefficient (Wildman–Crippen LogP) is 2.25. The highest BCUT2D eigenvalue weighted by Crippen LogP contribution is 2.31. The van der Waals surface area contributed by atoms with Gasteiger partial charge in [-0.1, -0.05) is 12.8 Å². The third-order valence-electron chi connectivity index (χ3n) is 3.67. The average Bonchev–Trinajstić information content (AvgIpc) is 2.72. The summed E-state index contributed by atoms with van der Waals surface area (Å²) in [6.45, 7) is 1.99. The summed E-state index contributed by atoms with van der Waals surface area (Å²) in [5.41, 5.74) is 9.02. The lowest BCUT2D eigenvalue weighted by atomic mass is 9.84. The van der Waals surface area contributed by atoms with Gasteiger partial charge in [0.15, 0.2) is 5.65 Å². The first-order valence-electron chi connectivity index (χ1n) is 6.33. The Morgan fingerprint density at radius 3 is 2.88 bits per heavy atom. The number of aryl methyl sites for hydroxylation is 1. The van der Waals surface area contributed by atoms with Crippen LogP contribution in [-0.4, -0.2) is 21.0 Å². The molecule has 4 nitrogen and oxygen atoms in total. The zero-order valence-electron chi connectivity index (χ0n) is 10.1. The third-order valence-corrected chi connectivity index (χ3v) is 3.67. The smallest absolute Gasteiger partial charge is 0.177 e. The Morgan fingerprint density at radius 1 is 1.24 bits per heavy atom. The van der Waals surface area contributed by atoms with Gasteiger partial charge in [0, 0.05) is 17.7 Å². The molecule has 2 heterocycles. The van der Waals surface area contributed by atoms with E-state index in [4.69, 9.17) is 5.73 Å². The molecule has 2 aromatic rings. The fourth-order valence-corrected chi connectivity index (χ4v) is 2.68. The molecule has 1 saturated carbocycles. The van der Waals surface area contributed by atoms with Gasteiger partial charge in [-0.3, -0.25) is 0 Å². The van der Waals surface area contributed by atoms with Crippen molar-refractivity contribution < 1.29 is 0 Å². The molecule has 1 aliphatic rings. The normalized spacial score (nSPS) is 25.3. The quantitative estimate of drug-likeness (QED) is 0.789. The average molecular weight is 230 g/mol. The summed E-state index contributed by atoms with van der Waals surface area (Å²) < 4.78 is 0. The Bertz CT molecular complexity index is 531. The largest absolute Gasteiger partial charge is 0.340 e. The first-order valence-corrected chi connectivity index (χ1v) is 6.33. The topological polar surface area (TPSA) is 67.6 Å². The van der Waals surface area contributed by atoms with E-state index in [1.807, 2.05) is 19.1 Å². The molecule has 0 aliphatic heterocycles. The van der Waals surface area contributed by atoms with Crippen molar-refractivity contribution in [3.8, 4) is 0 Å². The Balaban J connectivity index is 1.99. The SMILES string of the molecule is Cc1ccc2[nH]c(C3CCCCC3N)nc2n1. The zero-order valence-corrected chi connectivity index (χ0v) is 10.1. The number of nitrogens with one attached hydrogen (secondary N) is 1. The molecule has 90 valence electrons. The number of aromatic amines is 1. The molecule has 2 unspecified atom stereocenters. The number of nitrogens with zero attached hydrogens (tertiary/aromatic N) is 2. The molecule has 17 heavy (non-hydrogen) atoms. The first-order chi connectivity index (χ1) is 8.24. The number of H-pyrrole nitrogens is 1. The van der Waals surface area contributed by atoms with E-state index in [0.717, 1.165) is 35.5 Å². The second kappa shape index (κ2) is 4.11. The van der Waals surface area contributed by atoms with Gasteiger partial charge in [0.1, 0.15) is 5.82 Å². The number of imidazole rings is 1. The van der Waals surface area contributed by atoms with Gasteiger partial charge in [-0.2, -0.15) is 0 Å². The molecule has 1 fully saturated rings. The van der Waals surface area contributed by atoms with Crippen LogP contribution in [0.4, 0.5) is 0 Å². The molecular weight excluding hydrogens is 212 g/mol. The van der Waals surface area contributed by atoms with Crippen LogP contribution >= 0.6 is 0 Å². The summed E-state index contributed by atoms with van der Waals surface area (Å²) in [6, 6.07) is 4.29. The maximum Gasteiger partial charge on any atom is 0.177 e. The van der Waals surface area contributed by atoms with E-state index in [0.29, 0.717) is 5.92 Å². The lowest BCUT2D eigenvalue weighted by molar-refractivity contribution is 0.375. The molecule has 3 N–H and O–H groups in total. The predicted molar refractivity (Wildman–Crippen MR) is 67.8 cm³/mol. The fraction of sp³-hybridized carbons (Fsp3) is 0.538. The van der Waals surface area contributed by atoms with E-state index in [1.165, 1.54) is 12.8 Å². The van der Waals surface area contributed by atoms with Crippen molar-refractivity contribution >= 4 is 11.2 Å². The summed E-state index contributed by atoms with van der Waals surface area (Å²) in [5, 5.41) is 0. The minimum atomic E-state index is 0.241. The Morgan fingerprint density at radius 2 is 2.06 bits per heavy atom. The summed E-state index contributed by atoms with van der Waals surface area (Å²) in [5.74, 6) is 1.39. The van der Waals surface area contributed by atoms with Crippen molar-refractivity contribution in [2.45, 2.75) is 44.6 Å². The van der Waals surface area contributed by atoms with Crippen LogP contribution in [0.2, 0.25) is 0 Å². The molecule has 0 aromatic carbocycles. The maximum atomic E-state index is 6.18. The molecular formula is C13H18N4. The monoisotopic (exact) mass is 230 g/mol. The number of fused-ring (bicyclic) bond motifs is 1. The lowest BCUT2D eigenvalue weighted by Gasteiger charge is -2.26. The van der Waals surface area contributed by atoms with Gasteiger partial charge in [0.05, 0.1) is 5.52 Å². The van der Waals surface area contributed by atoms with Gasteiger partial charge >= 0.3 is 0 Å². The summed E-state index contributed by atoms with van der Waals surface area (Å²) >= 11 is 0. The van der Waals surface area contributed by atoms with E-state index >= 15 is 0 Å². The third kappa shape index (κ3) is 1.93. The Hall–Kier alpha value is -1.42. The van der Waals surface area contributed by atoms with Crippen molar-refractivity contribution in [3.05, 3.63) is 23.7 Å². The number of aromatic nitrogens is 3. The van der Waals surface area contributed by atoms with Crippen LogP contribution in [-0.2, 0) is 0 Å². The second-order valence-electron chi connectivity index (χ2n) is 5.00. The van der Waals surface area contributed by atoms with Gasteiger partial charge in [0.25, 0.3) is 0 Å². The summed E-state index contributed by atoms with van der Waals surface area (Å²) in [6.07, 6.45) is 4.74. The second-order valence-corrected chi connectivity index (χ2v) is 5.00. The molecule has 0 radical (unpaired) electrons. The standard InChI is InChI=1S/C13H18N4/c1-8-6-7-11-13(15-8)17-12(16-11)9-4-2-3-5-10(9)14/h6-7,9-10H,2-5,14H2,1H3,(H,15,16,17). The van der Waals surface area contributed by atoms with Crippen molar-refractivity contribution in [2.24, 2.45) is 5.73 Å². The van der Waals surface area contributed by atoms with Crippen LogP contribution in [0.15, 0.2) is 12.1 Å². The molecule has 0 amide bonds. The highest BCUT2D eigenvalue weighted by atomic mass is 15.0. The van der Waals surface area contributed by atoms with E-state index in [9.17, 15) is 0 Å². The molecule has 0 spiro atoms. The van der Waals surface area contributed by atoms with Crippen LogP contribution in [0.3, 0.4) is 0 Å². The first kappa shape index (κ1) is 10.7. The number of rotatable bonds is 1. The summed E-state index contributed by atoms with van der Waals surface area (Å²) in [4.78, 5) is 12.4. The van der Waals surface area contributed by atoms with Gasteiger partial charge in [0.2, 0.25) is 0 Å². The maximum absolute atomic E-state index is 6.18. The van der Waals surface area contributed by atoms with Crippen molar-refractivity contribution in [1.29, 1.82) is 0 Å². The van der Waals surface area contributed by atoms with E-state index in [1.54, 1.807) is 0 Å². The Labute approximate surface area is 101 Å². The molecule has 3 rings (SSSR count). The molecule has 4 heteroatoms.